The molecule has 1 amide bonds. The molecule has 1 N–H and O–H groups in total. The molecule has 22 heavy (non-hydrogen) atoms. The monoisotopic (exact) mass is 319 g/mol. The summed E-state index contributed by atoms with van der Waals surface area (Å²) < 4.78 is 10.8. The lowest BCUT2D eigenvalue weighted by atomic mass is 10.2. The number of carbonyl (C=O) groups excluding carboxylic acids is 1. The molecule has 0 aliphatic heterocycles. The molecule has 2 rings (SSSR count). The number of halogens is 1. The predicted molar refractivity (Wildman–Crippen MR) is 87.9 cm³/mol. The second-order valence-corrected chi connectivity index (χ2v) is 5.27. The number of ether oxygens (including phenoxy) is 2. The Morgan fingerprint density at radius 3 is 2.55 bits per heavy atom. The minimum absolute atomic E-state index is 0.260. The lowest BCUT2D eigenvalue weighted by Crippen LogP contribution is -2.30. The summed E-state index contributed by atoms with van der Waals surface area (Å²) >= 11 is 6.05. The Morgan fingerprint density at radius 1 is 1.23 bits per heavy atom. The van der Waals surface area contributed by atoms with Crippen LogP contribution in [-0.4, -0.2) is 19.1 Å². The Hall–Kier alpha value is -2.20. The molecule has 0 bridgehead atoms. The van der Waals surface area contributed by atoms with Crippen molar-refractivity contribution in [3.8, 4) is 11.5 Å². The first-order valence-electron chi connectivity index (χ1n) is 6.88. The van der Waals surface area contributed by atoms with Crippen molar-refractivity contribution in [2.75, 3.05) is 12.4 Å². The number of aryl methyl sites for hydroxylation is 1. The first-order chi connectivity index (χ1) is 10.5. The zero-order valence-corrected chi connectivity index (χ0v) is 13.5. The number of amides is 1. The van der Waals surface area contributed by atoms with Crippen LogP contribution in [0.4, 0.5) is 5.69 Å². The van der Waals surface area contributed by atoms with Crippen LogP contribution in [0.1, 0.15) is 12.5 Å². The first kappa shape index (κ1) is 16.2. The molecular weight excluding hydrogens is 302 g/mol. The average Bonchev–Trinajstić information content (AvgIpc) is 2.51. The van der Waals surface area contributed by atoms with Crippen molar-refractivity contribution in [3.63, 3.8) is 0 Å². The van der Waals surface area contributed by atoms with Gasteiger partial charge >= 0.3 is 0 Å². The number of rotatable bonds is 5. The van der Waals surface area contributed by atoms with Crippen LogP contribution in [-0.2, 0) is 4.79 Å². The van der Waals surface area contributed by atoms with E-state index in [4.69, 9.17) is 21.1 Å². The van der Waals surface area contributed by atoms with E-state index in [2.05, 4.69) is 5.32 Å². The zero-order valence-electron chi connectivity index (χ0n) is 12.7. The van der Waals surface area contributed by atoms with Gasteiger partial charge in [-0.3, -0.25) is 4.79 Å². The summed E-state index contributed by atoms with van der Waals surface area (Å²) in [6.07, 6.45) is -0.636. The molecule has 1 atom stereocenters. The maximum absolute atomic E-state index is 12.3. The summed E-state index contributed by atoms with van der Waals surface area (Å²) in [5.41, 5.74) is 1.42. The lowest BCUT2D eigenvalue weighted by Gasteiger charge is -2.17. The molecule has 0 fully saturated rings. The number of para-hydroxylation sites is 1. The third kappa shape index (κ3) is 3.92. The van der Waals surface area contributed by atoms with Crippen LogP contribution < -0.4 is 14.8 Å². The fraction of sp³-hybridized carbons (Fsp3) is 0.235. The van der Waals surface area contributed by atoms with Crippen molar-refractivity contribution in [3.05, 3.63) is 53.1 Å². The summed E-state index contributed by atoms with van der Waals surface area (Å²) in [7, 11) is 1.53. The van der Waals surface area contributed by atoms with Crippen molar-refractivity contribution < 1.29 is 14.3 Å². The average molecular weight is 320 g/mol. The minimum atomic E-state index is -0.636. The van der Waals surface area contributed by atoms with E-state index >= 15 is 0 Å². The molecule has 0 heterocycles. The van der Waals surface area contributed by atoms with Crippen LogP contribution in [0, 0.1) is 6.92 Å². The third-order valence-electron chi connectivity index (χ3n) is 3.16. The van der Waals surface area contributed by atoms with Gasteiger partial charge in [-0.05, 0) is 37.6 Å². The molecule has 0 unspecified atom stereocenters. The van der Waals surface area contributed by atoms with Crippen molar-refractivity contribution in [2.24, 2.45) is 0 Å². The number of carbonyl (C=O) groups is 1. The molecule has 0 aliphatic rings. The third-order valence-corrected chi connectivity index (χ3v) is 3.57. The van der Waals surface area contributed by atoms with Crippen LogP contribution in [0.5, 0.6) is 11.5 Å². The number of anilines is 1. The van der Waals surface area contributed by atoms with Crippen LogP contribution in [0.2, 0.25) is 5.02 Å². The summed E-state index contributed by atoms with van der Waals surface area (Å²) in [5.74, 6) is 0.893. The van der Waals surface area contributed by atoms with Crippen LogP contribution >= 0.6 is 11.6 Å². The molecule has 0 radical (unpaired) electrons. The molecule has 4 nitrogen and oxygen atoms in total. The van der Waals surface area contributed by atoms with E-state index in [1.54, 1.807) is 31.2 Å². The van der Waals surface area contributed by atoms with Gasteiger partial charge < -0.3 is 14.8 Å². The smallest absolute Gasteiger partial charge is 0.265 e. The summed E-state index contributed by atoms with van der Waals surface area (Å²) in [4.78, 5) is 12.3. The Balaban J connectivity index is 2.10. The highest BCUT2D eigenvalue weighted by molar-refractivity contribution is 6.31. The molecule has 0 saturated carbocycles. The Bertz CT molecular complexity index is 658. The highest BCUT2D eigenvalue weighted by Crippen LogP contribution is 2.31. The van der Waals surface area contributed by atoms with Gasteiger partial charge in [0.15, 0.2) is 6.10 Å². The van der Waals surface area contributed by atoms with Crippen molar-refractivity contribution in [1.82, 2.24) is 0 Å². The van der Waals surface area contributed by atoms with Crippen molar-refractivity contribution >= 4 is 23.2 Å². The van der Waals surface area contributed by atoms with E-state index in [-0.39, 0.29) is 5.91 Å². The minimum Gasteiger partial charge on any atom is -0.495 e. The van der Waals surface area contributed by atoms with Gasteiger partial charge in [-0.15, -0.1) is 0 Å². The number of hydrogen-bond donors (Lipinski definition) is 1. The molecule has 2 aromatic rings. The van der Waals surface area contributed by atoms with E-state index in [1.165, 1.54) is 7.11 Å². The van der Waals surface area contributed by atoms with Gasteiger partial charge in [0.1, 0.15) is 11.5 Å². The van der Waals surface area contributed by atoms with Gasteiger partial charge in [0.05, 0.1) is 12.8 Å². The number of hydrogen-bond acceptors (Lipinski definition) is 3. The van der Waals surface area contributed by atoms with Crippen LogP contribution in [0.25, 0.3) is 0 Å². The predicted octanol–water partition coefficient (Wildman–Crippen LogP) is 4.06. The second-order valence-electron chi connectivity index (χ2n) is 4.86. The van der Waals surface area contributed by atoms with Crippen molar-refractivity contribution in [2.45, 2.75) is 20.0 Å². The van der Waals surface area contributed by atoms with Gasteiger partial charge in [0, 0.05) is 11.1 Å². The fourth-order valence-corrected chi connectivity index (χ4v) is 2.07. The SMILES string of the molecule is COc1cc(Cl)c(C)cc1NC(=O)[C@H](C)Oc1ccccc1. The van der Waals surface area contributed by atoms with Gasteiger partial charge in [0.25, 0.3) is 5.91 Å². The highest BCUT2D eigenvalue weighted by atomic mass is 35.5. The molecule has 2 aromatic carbocycles. The number of nitrogens with one attached hydrogen (secondary N) is 1. The number of benzene rings is 2. The summed E-state index contributed by atoms with van der Waals surface area (Å²) in [6, 6.07) is 12.6. The molecule has 0 aliphatic carbocycles. The quantitative estimate of drug-likeness (QED) is 0.904. The van der Waals surface area contributed by atoms with E-state index in [0.717, 1.165) is 5.56 Å². The topological polar surface area (TPSA) is 47.6 Å². The summed E-state index contributed by atoms with van der Waals surface area (Å²) in [5, 5.41) is 3.39. The Kier molecular flexibility index (Phi) is 5.28. The van der Waals surface area contributed by atoms with Gasteiger partial charge in [-0.25, -0.2) is 0 Å². The summed E-state index contributed by atoms with van der Waals surface area (Å²) in [6.45, 7) is 3.55. The van der Waals surface area contributed by atoms with E-state index < -0.39 is 6.10 Å². The molecule has 5 heteroatoms. The van der Waals surface area contributed by atoms with E-state index in [0.29, 0.717) is 22.2 Å². The lowest BCUT2D eigenvalue weighted by molar-refractivity contribution is -0.122. The Morgan fingerprint density at radius 2 is 1.91 bits per heavy atom. The van der Waals surface area contributed by atoms with Crippen molar-refractivity contribution in [1.29, 1.82) is 0 Å². The Labute approximate surface area is 135 Å². The van der Waals surface area contributed by atoms with Crippen LogP contribution in [0.15, 0.2) is 42.5 Å². The number of methoxy groups -OCH3 is 1. The van der Waals surface area contributed by atoms with E-state index in [1.807, 2.05) is 25.1 Å². The van der Waals surface area contributed by atoms with E-state index in [9.17, 15) is 4.79 Å². The normalized spacial score (nSPS) is 11.6. The molecular formula is C17H18ClNO3. The molecule has 0 saturated heterocycles. The van der Waals surface area contributed by atoms with Gasteiger partial charge in [0.2, 0.25) is 0 Å². The zero-order chi connectivity index (χ0) is 16.1. The maximum atomic E-state index is 12.3. The molecule has 0 spiro atoms. The largest absolute Gasteiger partial charge is 0.495 e. The maximum Gasteiger partial charge on any atom is 0.265 e. The first-order valence-corrected chi connectivity index (χ1v) is 7.25. The standard InChI is InChI=1S/C17H18ClNO3/c1-11-9-15(16(21-3)10-14(11)18)19-17(20)12(2)22-13-7-5-4-6-8-13/h4-10,12H,1-3H3,(H,19,20)/t12-/m0/s1. The van der Waals surface area contributed by atoms with Gasteiger partial charge in [-0.1, -0.05) is 29.8 Å². The van der Waals surface area contributed by atoms with Crippen LogP contribution in [0.3, 0.4) is 0 Å². The second kappa shape index (κ2) is 7.18. The molecule has 116 valence electrons. The van der Waals surface area contributed by atoms with Gasteiger partial charge in [-0.2, -0.15) is 0 Å². The fourth-order valence-electron chi connectivity index (χ4n) is 1.92. The molecule has 0 aromatic heterocycles. The highest BCUT2D eigenvalue weighted by Gasteiger charge is 2.17.